The number of thioether (sulfide) groups is 7. The summed E-state index contributed by atoms with van der Waals surface area (Å²) < 4.78 is 138. The van der Waals surface area contributed by atoms with Crippen molar-refractivity contribution in [2.75, 3.05) is 160 Å². The molecule has 0 aromatic heterocycles. The first-order chi connectivity index (χ1) is 66.9. The van der Waals surface area contributed by atoms with Gasteiger partial charge in [-0.05, 0) is 85.2 Å². The summed E-state index contributed by atoms with van der Waals surface area (Å²) in [5.41, 5.74) is 0. The Balaban J connectivity index is 1.34. The van der Waals surface area contributed by atoms with Crippen LogP contribution in [0.15, 0.2) is 0 Å². The highest BCUT2D eigenvalue weighted by Crippen LogP contribution is 2.44. The summed E-state index contributed by atoms with van der Waals surface area (Å²) in [5.74, 6) is 5.72. The van der Waals surface area contributed by atoms with Crippen molar-refractivity contribution in [1.29, 1.82) is 0 Å². The highest BCUT2D eigenvalue weighted by molar-refractivity contribution is 8.00. The maximum Gasteiger partial charge on any atom is 0.187 e. The van der Waals surface area contributed by atoms with Crippen molar-refractivity contribution < 1.29 is 166 Å². The summed E-state index contributed by atoms with van der Waals surface area (Å²) in [6.45, 7) is 9.52. The van der Waals surface area contributed by atoms with E-state index in [0.29, 0.717) is 40.3 Å². The molecule has 0 amide bonds. The largest absolute Gasteiger partial charge is 0.394 e. The minimum Gasteiger partial charge on any atom is -0.394 e. The lowest BCUT2D eigenvalue weighted by molar-refractivity contribution is -0.395. The number of hydrogen-bond acceptors (Lipinski definition) is 41. The molecule has 21 fully saturated rings. The monoisotopic (exact) mass is 2100 g/mol. The highest BCUT2D eigenvalue weighted by atomic mass is 32.2. The lowest BCUT2D eigenvalue weighted by Gasteiger charge is -2.52. The van der Waals surface area contributed by atoms with Crippen molar-refractivity contribution in [2.45, 2.75) is 443 Å². The van der Waals surface area contributed by atoms with Crippen molar-refractivity contribution in [3.8, 4) is 0 Å². The van der Waals surface area contributed by atoms with Gasteiger partial charge in [0.1, 0.15) is 128 Å². The van der Waals surface area contributed by atoms with Crippen LogP contribution in [0.1, 0.15) is 228 Å². The van der Waals surface area contributed by atoms with Gasteiger partial charge in [0.2, 0.25) is 0 Å². The molecule has 21 rings (SSSR count). The molecule has 0 spiro atoms. The van der Waals surface area contributed by atoms with Gasteiger partial charge < -0.3 is 166 Å². The molecule has 21 saturated heterocycles. The van der Waals surface area contributed by atoms with Crippen LogP contribution in [0.4, 0.5) is 0 Å². The molecule has 21 aliphatic rings. The van der Waals surface area contributed by atoms with Crippen LogP contribution in [-0.2, 0) is 94.7 Å². The Morgan fingerprint density at radius 1 is 0.175 bits per heavy atom. The van der Waals surface area contributed by atoms with Gasteiger partial charge in [0.05, 0.1) is 122 Å². The van der Waals surface area contributed by atoms with Crippen molar-refractivity contribution >= 4 is 82.3 Å². The average Bonchev–Trinajstić information content (AvgIpc) is 0.945. The summed E-state index contributed by atoms with van der Waals surface area (Å²) in [6, 6.07) is 0. The molecule has 21 aliphatic heterocycles. The summed E-state index contributed by atoms with van der Waals surface area (Å²) in [6.07, 6.45) is -26.3. The highest BCUT2D eigenvalue weighted by Gasteiger charge is 2.62. The van der Waals surface area contributed by atoms with Crippen LogP contribution in [0.2, 0.25) is 0 Å². The van der Waals surface area contributed by atoms with Gasteiger partial charge >= 0.3 is 0 Å². The number of unbranched alkanes of at least 4 members (excludes halogenated alkanes) is 21. The van der Waals surface area contributed by atoms with Crippen molar-refractivity contribution in [3.63, 3.8) is 0 Å². The lowest BCUT2D eigenvalue weighted by atomic mass is 9.95. The zero-order valence-corrected chi connectivity index (χ0v) is 88.4. The van der Waals surface area contributed by atoms with E-state index in [2.05, 4.69) is 48.5 Å². The van der Waals surface area contributed by atoms with Crippen LogP contribution in [0.25, 0.3) is 0 Å². The first-order valence-electron chi connectivity index (χ1n) is 51.9. The number of aliphatic hydroxyl groups is 14. The fourth-order valence-corrected chi connectivity index (χ4v) is 25.8. The molecular weight excluding hydrogens is 1920 g/mol. The Morgan fingerprint density at radius 3 is 0.474 bits per heavy atom. The Bertz CT molecular complexity index is 2890. The second-order valence-electron chi connectivity index (χ2n) is 36.7. The van der Waals surface area contributed by atoms with E-state index in [1.807, 2.05) is 0 Å². The maximum atomic E-state index is 13.5. The number of hydrogen-bond donors (Lipinski definition) is 14. The van der Waals surface area contributed by atoms with Gasteiger partial charge in [-0.15, -0.1) is 0 Å². The Morgan fingerprint density at radius 2 is 0.321 bits per heavy atom. The Labute approximate surface area is 846 Å². The summed E-state index contributed by atoms with van der Waals surface area (Å²) in [4.78, 5) is 0. The van der Waals surface area contributed by atoms with E-state index in [1.165, 1.54) is 70.6 Å². The minimum absolute atomic E-state index is 0.142. The SMILES string of the molecule is CCCCCCSCC1OC2OC3C(CSCCCCCC)OC(OC4C(CSCCCCCC)OC(OC5C(CSCCCCCC)OC(OC6C(CSCCCCCC)OC(OC7C(CSCCCCCC)OC(OC8C(CSCCCCCC)OC(OC1C(O)C2O)C(OCCO)C8O)C(OCCO)C7O)C(OCCO)C6O)C(OCCO)C5O)C(OCCO)C4O)C(OCCO)C3O. The van der Waals surface area contributed by atoms with Crippen molar-refractivity contribution in [1.82, 2.24) is 0 Å². The predicted octanol–water partition coefficient (Wildman–Crippen LogP) is 8.12. The van der Waals surface area contributed by atoms with E-state index in [4.69, 9.17) is 94.7 Å². The smallest absolute Gasteiger partial charge is 0.187 e. The quantitative estimate of drug-likeness (QED) is 0.0255. The molecule has 35 atom stereocenters. The Kier molecular flexibility index (Phi) is 65.3. The van der Waals surface area contributed by atoms with E-state index in [9.17, 15) is 71.5 Å². The van der Waals surface area contributed by atoms with Crippen LogP contribution in [-0.4, -0.2) is 446 Å². The molecule has 0 saturated carbocycles. The summed E-state index contributed by atoms with van der Waals surface area (Å²) >= 11 is 10.7. The molecule has 34 nitrogen and oxygen atoms in total. The first kappa shape index (κ1) is 123. The fraction of sp³-hybridized carbons (Fsp3) is 1.00. The Hall–Kier alpha value is 1.09. The maximum absolute atomic E-state index is 13.5. The van der Waals surface area contributed by atoms with Crippen LogP contribution < -0.4 is 0 Å². The van der Waals surface area contributed by atoms with Crippen LogP contribution in [0.5, 0.6) is 0 Å². The van der Waals surface area contributed by atoms with E-state index < -0.39 is 255 Å². The second kappa shape index (κ2) is 72.5. The molecule has 0 radical (unpaired) electrons. The van der Waals surface area contributed by atoms with Gasteiger partial charge in [-0.1, -0.05) is 183 Å². The normalized spacial score (nSPS) is 36.4. The molecule has 35 unspecified atom stereocenters. The van der Waals surface area contributed by atoms with Crippen LogP contribution >= 0.6 is 82.3 Å². The van der Waals surface area contributed by atoms with E-state index in [1.54, 1.807) is 11.8 Å². The third-order valence-electron chi connectivity index (χ3n) is 25.8. The van der Waals surface area contributed by atoms with Crippen LogP contribution in [0.3, 0.4) is 0 Å². The third-order valence-corrected chi connectivity index (χ3v) is 33.8. The third kappa shape index (κ3) is 40.3. The molecule has 0 aromatic rings. The standard InChI is InChI=1S/C96H178O34S7/c1-8-15-22-29-48-131-55-62-77-69(103)70(104)90(117-62)124-78-63(56-132-49-30-23-16-9-2)118-92(84(71(78)105)111-42-36-97)126-80-65(58-134-51-32-25-18-11-4)120-94(86(73(80)107)113-44-38-99)128-82-67(60-136-53-34-27-20-13-6)122-96(88(75(82)109)115-46-40-101)130-83-68(61-137-54-35-28-21-14-7)123-95(89(76(83)110)116-47-41-102)129-81-66(59-135-52-33-26-19-12-5)121-93(87(74(81)108)114-45-39-100)127-79-64(57-133-50-31-24-17-10-3)119-91(125-77)85(72(79)106)112-43-37-98/h62-110H,8-61H2,1-7H3. The van der Waals surface area contributed by atoms with E-state index in [-0.39, 0.29) is 79.9 Å². The molecule has 137 heavy (non-hydrogen) atoms. The molecule has 14 bridgehead atoms. The zero-order chi connectivity index (χ0) is 98.5. The van der Waals surface area contributed by atoms with Gasteiger partial charge in [0.15, 0.2) is 44.0 Å². The van der Waals surface area contributed by atoms with E-state index >= 15 is 0 Å². The van der Waals surface area contributed by atoms with Crippen molar-refractivity contribution in [3.05, 3.63) is 0 Å². The zero-order valence-electron chi connectivity index (χ0n) is 82.7. The topological polar surface area (TPSA) is 468 Å². The van der Waals surface area contributed by atoms with Gasteiger partial charge in [0, 0.05) is 40.3 Å². The van der Waals surface area contributed by atoms with Crippen molar-refractivity contribution in [2.24, 2.45) is 0 Å². The fourth-order valence-electron chi connectivity index (χ4n) is 18.3. The first-order valence-corrected chi connectivity index (χ1v) is 60.0. The van der Waals surface area contributed by atoms with Gasteiger partial charge in [-0.25, -0.2) is 0 Å². The number of ether oxygens (including phenoxy) is 20. The predicted molar refractivity (Wildman–Crippen MR) is 534 cm³/mol. The average molecular weight is 2100 g/mol. The van der Waals surface area contributed by atoms with Gasteiger partial charge in [0.25, 0.3) is 0 Å². The molecular formula is C96H178O34S7. The number of aliphatic hydroxyl groups excluding tert-OH is 14. The second-order valence-corrected chi connectivity index (χ2v) is 44.8. The van der Waals surface area contributed by atoms with Crippen LogP contribution in [0, 0.1) is 0 Å². The molecule has 808 valence electrons. The number of rotatable bonds is 67. The molecule has 21 heterocycles. The van der Waals surface area contributed by atoms with Gasteiger partial charge in [-0.3, -0.25) is 0 Å². The lowest BCUT2D eigenvalue weighted by Crippen LogP contribution is -2.69. The van der Waals surface area contributed by atoms with Gasteiger partial charge in [-0.2, -0.15) is 82.3 Å². The van der Waals surface area contributed by atoms with E-state index in [0.717, 1.165) is 180 Å². The molecule has 0 aliphatic carbocycles. The summed E-state index contributed by atoms with van der Waals surface area (Å²) in [7, 11) is 0. The molecule has 41 heteroatoms. The summed E-state index contributed by atoms with van der Waals surface area (Å²) in [5, 5.41) is 170. The molecule has 0 aromatic carbocycles. The molecule has 14 N–H and O–H groups in total. The minimum atomic E-state index is -1.95.